The van der Waals surface area contributed by atoms with Crippen LogP contribution in [-0.2, 0) is 6.54 Å². The molecular weight excluding hydrogens is 450 g/mol. The summed E-state index contributed by atoms with van der Waals surface area (Å²) in [5, 5.41) is 11.4. The summed E-state index contributed by atoms with van der Waals surface area (Å²) in [6, 6.07) is 7.40. The van der Waals surface area contributed by atoms with Gasteiger partial charge in [-0.15, -0.1) is 24.0 Å². The van der Waals surface area contributed by atoms with Crippen molar-refractivity contribution >= 4 is 53.1 Å². The molecular formula is C15H19Cl2IN4O. The number of nitrogens with one attached hydrogen (secondary N) is 2. The number of aliphatic imine (C=N–C) groups is 1. The van der Waals surface area contributed by atoms with Gasteiger partial charge in [0.1, 0.15) is 12.0 Å². The van der Waals surface area contributed by atoms with Gasteiger partial charge >= 0.3 is 0 Å². The molecule has 2 aromatic rings. The van der Waals surface area contributed by atoms with Crippen LogP contribution in [0.5, 0.6) is 0 Å². The summed E-state index contributed by atoms with van der Waals surface area (Å²) in [6.07, 6.45) is 1.53. The quantitative estimate of drug-likeness (QED) is 0.387. The summed E-state index contributed by atoms with van der Waals surface area (Å²) in [4.78, 5) is 4.47. The Hall–Kier alpha value is -0.990. The number of benzene rings is 1. The average molecular weight is 469 g/mol. The largest absolute Gasteiger partial charge is 0.364 e. The topological polar surface area (TPSA) is 62.5 Å². The zero-order chi connectivity index (χ0) is 15.9. The number of nitrogens with zero attached hydrogens (tertiary/aromatic N) is 2. The van der Waals surface area contributed by atoms with Gasteiger partial charge in [-0.25, -0.2) is 4.99 Å². The van der Waals surface area contributed by atoms with E-state index >= 15 is 0 Å². The van der Waals surface area contributed by atoms with E-state index in [1.807, 2.05) is 26.0 Å². The minimum absolute atomic E-state index is 0. The average Bonchev–Trinajstić information content (AvgIpc) is 3.01. The summed E-state index contributed by atoms with van der Waals surface area (Å²) in [7, 11) is 0. The van der Waals surface area contributed by atoms with E-state index in [0.717, 1.165) is 17.8 Å². The van der Waals surface area contributed by atoms with E-state index in [4.69, 9.17) is 27.7 Å². The van der Waals surface area contributed by atoms with Gasteiger partial charge in [0.25, 0.3) is 0 Å². The first-order valence-electron chi connectivity index (χ1n) is 6.99. The second-order valence-electron chi connectivity index (χ2n) is 4.73. The van der Waals surface area contributed by atoms with Crippen molar-refractivity contribution in [1.29, 1.82) is 0 Å². The lowest BCUT2D eigenvalue weighted by Crippen LogP contribution is -2.38. The van der Waals surface area contributed by atoms with Gasteiger partial charge in [0.2, 0.25) is 0 Å². The maximum atomic E-state index is 6.06. The fraction of sp³-hybridized carbons (Fsp3) is 0.333. The molecule has 1 heterocycles. The van der Waals surface area contributed by atoms with Gasteiger partial charge in [-0.3, -0.25) is 0 Å². The van der Waals surface area contributed by atoms with Crippen molar-refractivity contribution < 1.29 is 4.52 Å². The van der Waals surface area contributed by atoms with Crippen molar-refractivity contribution in [1.82, 2.24) is 15.8 Å². The van der Waals surface area contributed by atoms with E-state index in [2.05, 4.69) is 20.8 Å². The Morgan fingerprint density at radius 2 is 2.09 bits per heavy atom. The van der Waals surface area contributed by atoms with Crippen LogP contribution in [0.3, 0.4) is 0 Å². The van der Waals surface area contributed by atoms with E-state index in [9.17, 15) is 0 Å². The number of halogens is 3. The first-order chi connectivity index (χ1) is 10.6. The smallest absolute Gasteiger partial charge is 0.192 e. The first kappa shape index (κ1) is 20.1. The lowest BCUT2D eigenvalue weighted by Gasteiger charge is -2.18. The monoisotopic (exact) mass is 468 g/mol. The summed E-state index contributed by atoms with van der Waals surface area (Å²) in [5.74, 6) is 0.698. The number of hydrogen-bond donors (Lipinski definition) is 2. The van der Waals surface area contributed by atoms with Gasteiger partial charge in [-0.2, -0.15) is 0 Å². The second-order valence-corrected chi connectivity index (χ2v) is 5.54. The summed E-state index contributed by atoms with van der Waals surface area (Å²) in [6.45, 7) is 5.25. The maximum absolute atomic E-state index is 6.06. The van der Waals surface area contributed by atoms with Crippen LogP contribution in [0.15, 0.2) is 40.0 Å². The number of hydrogen-bond acceptors (Lipinski definition) is 3. The van der Waals surface area contributed by atoms with Gasteiger partial charge in [-0.1, -0.05) is 34.4 Å². The first-order valence-corrected chi connectivity index (χ1v) is 7.74. The third-order valence-electron chi connectivity index (χ3n) is 3.03. The Morgan fingerprint density at radius 3 is 2.70 bits per heavy atom. The highest BCUT2D eigenvalue weighted by atomic mass is 127. The van der Waals surface area contributed by atoms with Crippen molar-refractivity contribution in [3.05, 3.63) is 51.8 Å². The van der Waals surface area contributed by atoms with Crippen molar-refractivity contribution in [2.45, 2.75) is 26.4 Å². The molecule has 126 valence electrons. The summed E-state index contributed by atoms with van der Waals surface area (Å²) < 4.78 is 4.79. The van der Waals surface area contributed by atoms with Crippen LogP contribution in [0.4, 0.5) is 0 Å². The Morgan fingerprint density at radius 1 is 1.30 bits per heavy atom. The minimum Gasteiger partial charge on any atom is -0.364 e. The molecule has 1 unspecified atom stereocenters. The molecule has 0 saturated carbocycles. The highest BCUT2D eigenvalue weighted by Gasteiger charge is 2.10. The van der Waals surface area contributed by atoms with Crippen molar-refractivity contribution in [3.63, 3.8) is 0 Å². The summed E-state index contributed by atoms with van der Waals surface area (Å²) in [5.41, 5.74) is 1.81. The molecule has 1 aromatic heterocycles. The molecule has 0 amide bonds. The molecule has 2 N–H and O–H groups in total. The molecule has 1 aromatic carbocycles. The molecule has 0 aliphatic carbocycles. The van der Waals surface area contributed by atoms with Crippen LogP contribution in [0.2, 0.25) is 10.0 Å². The Balaban J connectivity index is 0.00000264. The second kappa shape index (κ2) is 10.00. The van der Waals surface area contributed by atoms with Crippen LogP contribution in [0, 0.1) is 0 Å². The molecule has 0 radical (unpaired) electrons. The third kappa shape index (κ3) is 6.19. The molecule has 8 heteroatoms. The molecule has 0 fully saturated rings. The minimum atomic E-state index is 0. The van der Waals surface area contributed by atoms with Crippen LogP contribution in [-0.4, -0.2) is 17.7 Å². The standard InChI is InChI=1S/C15H18Cl2N4O.HI/c1-3-18-15(19-9-12-6-7-22-21-12)20-10(2)11-4-5-13(16)14(17)8-11;/h4-8,10H,3,9H2,1-2H3,(H2,18,19,20);1H. The lowest BCUT2D eigenvalue weighted by atomic mass is 10.1. The molecule has 0 spiro atoms. The predicted molar refractivity (Wildman–Crippen MR) is 105 cm³/mol. The van der Waals surface area contributed by atoms with E-state index < -0.39 is 0 Å². The van der Waals surface area contributed by atoms with E-state index in [1.54, 1.807) is 12.1 Å². The predicted octanol–water partition coefficient (Wildman–Crippen LogP) is 4.42. The zero-order valence-corrected chi connectivity index (χ0v) is 16.7. The molecule has 0 saturated heterocycles. The Bertz CT molecular complexity index is 634. The fourth-order valence-corrected chi connectivity index (χ4v) is 2.18. The van der Waals surface area contributed by atoms with Crippen molar-refractivity contribution in [2.24, 2.45) is 4.99 Å². The van der Waals surface area contributed by atoms with Gasteiger partial charge in [0.15, 0.2) is 5.96 Å². The Labute approximate surface area is 162 Å². The highest BCUT2D eigenvalue weighted by molar-refractivity contribution is 14.0. The molecule has 23 heavy (non-hydrogen) atoms. The van der Waals surface area contributed by atoms with Crippen LogP contribution in [0.1, 0.15) is 31.1 Å². The Kier molecular flexibility index (Phi) is 8.72. The van der Waals surface area contributed by atoms with Gasteiger partial charge in [-0.05, 0) is 31.5 Å². The molecule has 1 atom stereocenters. The van der Waals surface area contributed by atoms with E-state index in [0.29, 0.717) is 22.5 Å². The third-order valence-corrected chi connectivity index (χ3v) is 3.77. The van der Waals surface area contributed by atoms with Crippen molar-refractivity contribution in [3.8, 4) is 0 Å². The highest BCUT2D eigenvalue weighted by Crippen LogP contribution is 2.25. The summed E-state index contributed by atoms with van der Waals surface area (Å²) >= 11 is 12.0. The number of rotatable bonds is 5. The van der Waals surface area contributed by atoms with Crippen LogP contribution in [0.25, 0.3) is 0 Å². The normalized spacial score (nSPS) is 12.4. The molecule has 0 aliphatic heterocycles. The van der Waals surface area contributed by atoms with Crippen LogP contribution < -0.4 is 10.6 Å². The lowest BCUT2D eigenvalue weighted by molar-refractivity contribution is 0.412. The van der Waals surface area contributed by atoms with Crippen molar-refractivity contribution in [2.75, 3.05) is 6.54 Å². The molecule has 2 rings (SSSR count). The van der Waals surface area contributed by atoms with Gasteiger partial charge < -0.3 is 15.2 Å². The molecule has 5 nitrogen and oxygen atoms in total. The zero-order valence-electron chi connectivity index (χ0n) is 12.8. The van der Waals surface area contributed by atoms with Gasteiger partial charge in [0, 0.05) is 12.6 Å². The number of aromatic nitrogens is 1. The SMILES string of the molecule is CCNC(=NCc1ccon1)NC(C)c1ccc(Cl)c(Cl)c1.I. The maximum Gasteiger partial charge on any atom is 0.192 e. The molecule has 0 bridgehead atoms. The number of guanidine groups is 1. The van der Waals surface area contributed by atoms with E-state index in [-0.39, 0.29) is 30.0 Å². The van der Waals surface area contributed by atoms with Gasteiger partial charge in [0.05, 0.1) is 22.6 Å². The van der Waals surface area contributed by atoms with Crippen LogP contribution >= 0.6 is 47.2 Å². The van der Waals surface area contributed by atoms with E-state index in [1.165, 1.54) is 6.26 Å². The molecule has 0 aliphatic rings. The fourth-order valence-electron chi connectivity index (χ4n) is 1.87.